The Morgan fingerprint density at radius 2 is 2.09 bits per heavy atom. The van der Waals surface area contributed by atoms with E-state index in [4.69, 9.17) is 32.0 Å². The van der Waals surface area contributed by atoms with Gasteiger partial charge in [-0.1, -0.05) is 24.9 Å². The number of pyridine rings is 1. The highest BCUT2D eigenvalue weighted by molar-refractivity contribution is 6.34. The minimum atomic E-state index is -0.213. The van der Waals surface area contributed by atoms with Crippen LogP contribution in [0.4, 0.5) is 5.82 Å². The van der Waals surface area contributed by atoms with Crippen LogP contribution in [0.25, 0.3) is 22.4 Å². The predicted octanol–water partition coefficient (Wildman–Crippen LogP) is 2.85. The van der Waals surface area contributed by atoms with Crippen LogP contribution >= 0.6 is 11.6 Å². The first-order valence-corrected chi connectivity index (χ1v) is 12.0. The van der Waals surface area contributed by atoms with Crippen LogP contribution in [-0.4, -0.2) is 62.1 Å². The summed E-state index contributed by atoms with van der Waals surface area (Å²) in [6.45, 7) is 6.19. The van der Waals surface area contributed by atoms with E-state index in [2.05, 4.69) is 27.0 Å². The Labute approximate surface area is 197 Å². The van der Waals surface area contributed by atoms with E-state index < -0.39 is 0 Å². The number of nitrogens with one attached hydrogen (secondary N) is 1. The molecule has 0 aliphatic carbocycles. The highest BCUT2D eigenvalue weighted by atomic mass is 35.5. The van der Waals surface area contributed by atoms with Gasteiger partial charge >= 0.3 is 0 Å². The number of H-pyrrole nitrogens is 1. The highest BCUT2D eigenvalue weighted by Crippen LogP contribution is 2.42. The van der Waals surface area contributed by atoms with Gasteiger partial charge in [-0.25, -0.2) is 9.97 Å². The fourth-order valence-electron chi connectivity index (χ4n) is 5.14. The molecule has 33 heavy (non-hydrogen) atoms. The van der Waals surface area contributed by atoms with Crippen molar-refractivity contribution in [2.45, 2.75) is 58.3 Å². The van der Waals surface area contributed by atoms with Crippen molar-refractivity contribution in [3.63, 3.8) is 0 Å². The number of rotatable bonds is 5. The van der Waals surface area contributed by atoms with Crippen LogP contribution in [-0.2, 0) is 17.8 Å². The van der Waals surface area contributed by atoms with Crippen LogP contribution in [0.5, 0.6) is 0 Å². The molecule has 2 aliphatic rings. The molecule has 3 aromatic heterocycles. The highest BCUT2D eigenvalue weighted by Gasteiger charge is 2.47. The molecule has 0 bridgehead atoms. The Balaban J connectivity index is 1.47. The summed E-state index contributed by atoms with van der Waals surface area (Å²) in [6, 6.07) is 1.89. The summed E-state index contributed by atoms with van der Waals surface area (Å²) < 4.78 is 5.84. The van der Waals surface area contributed by atoms with Gasteiger partial charge in [-0.15, -0.1) is 0 Å². The van der Waals surface area contributed by atoms with E-state index >= 15 is 0 Å². The maximum absolute atomic E-state index is 10.1. The number of halogens is 1. The fourth-order valence-corrected chi connectivity index (χ4v) is 5.44. The zero-order valence-electron chi connectivity index (χ0n) is 19.0. The summed E-state index contributed by atoms with van der Waals surface area (Å²) in [6.07, 6.45) is 5.41. The zero-order valence-corrected chi connectivity index (χ0v) is 19.8. The number of aromatic nitrogens is 5. The van der Waals surface area contributed by atoms with Crippen LogP contribution in [0, 0.1) is 5.41 Å². The quantitative estimate of drug-likeness (QED) is 0.518. The second kappa shape index (κ2) is 8.79. The number of aliphatic hydroxyl groups is 1. The lowest BCUT2D eigenvalue weighted by atomic mass is 9.73. The van der Waals surface area contributed by atoms with Gasteiger partial charge in [0.15, 0.2) is 5.82 Å². The number of fused-ring (bicyclic) bond motifs is 1. The molecule has 5 rings (SSSR count). The lowest BCUT2D eigenvalue weighted by Crippen LogP contribution is -2.51. The number of anilines is 1. The molecule has 10 heteroatoms. The molecule has 176 valence electrons. The van der Waals surface area contributed by atoms with Gasteiger partial charge in [-0.05, 0) is 32.3 Å². The number of ether oxygens (including phenoxy) is 1. The van der Waals surface area contributed by atoms with Gasteiger partial charge in [-0.2, -0.15) is 5.10 Å². The largest absolute Gasteiger partial charge is 0.390 e. The Morgan fingerprint density at radius 3 is 2.76 bits per heavy atom. The Morgan fingerprint density at radius 1 is 1.30 bits per heavy atom. The molecule has 2 saturated heterocycles. The molecule has 0 unspecified atom stereocenters. The molecule has 3 aromatic rings. The molecular formula is C23H30ClN7O2. The molecule has 0 saturated carbocycles. The molecule has 1 spiro atoms. The van der Waals surface area contributed by atoms with Gasteiger partial charge in [0.1, 0.15) is 11.2 Å². The molecule has 4 N–H and O–H groups in total. The molecule has 2 aliphatic heterocycles. The van der Waals surface area contributed by atoms with Crippen molar-refractivity contribution in [3.05, 3.63) is 28.7 Å². The van der Waals surface area contributed by atoms with Crippen LogP contribution in [0.3, 0.4) is 0 Å². The van der Waals surface area contributed by atoms with E-state index in [0.717, 1.165) is 50.0 Å². The Hall–Kier alpha value is -2.33. The number of nitrogens with two attached hydrogens (primary N) is 1. The third kappa shape index (κ3) is 3.77. The van der Waals surface area contributed by atoms with Crippen LogP contribution in [0.2, 0.25) is 5.02 Å². The monoisotopic (exact) mass is 471 g/mol. The van der Waals surface area contributed by atoms with Gasteiger partial charge in [0.25, 0.3) is 0 Å². The van der Waals surface area contributed by atoms with Crippen molar-refractivity contribution in [1.29, 1.82) is 0 Å². The van der Waals surface area contributed by atoms with E-state index in [1.807, 2.05) is 13.0 Å². The van der Waals surface area contributed by atoms with Gasteiger partial charge < -0.3 is 20.5 Å². The van der Waals surface area contributed by atoms with E-state index in [9.17, 15) is 5.11 Å². The summed E-state index contributed by atoms with van der Waals surface area (Å²) in [5.74, 6) is 0.672. The maximum Gasteiger partial charge on any atom is 0.202 e. The number of aliphatic hydroxyl groups excluding tert-OH is 1. The summed E-state index contributed by atoms with van der Waals surface area (Å²) in [4.78, 5) is 16.1. The summed E-state index contributed by atoms with van der Waals surface area (Å²) in [5.41, 5.74) is 10.4. The van der Waals surface area contributed by atoms with Crippen molar-refractivity contribution >= 4 is 28.6 Å². The third-order valence-electron chi connectivity index (χ3n) is 7.21. The Kier molecular flexibility index (Phi) is 5.98. The van der Waals surface area contributed by atoms with Crippen molar-refractivity contribution in [3.8, 4) is 11.3 Å². The first kappa shape index (κ1) is 22.5. The minimum absolute atomic E-state index is 0.0145. The molecule has 2 fully saturated rings. The second-order valence-electron chi connectivity index (χ2n) is 9.18. The Bertz CT molecular complexity index is 1160. The van der Waals surface area contributed by atoms with E-state index in [0.29, 0.717) is 40.0 Å². The van der Waals surface area contributed by atoms with Gasteiger partial charge in [0.05, 0.1) is 35.7 Å². The van der Waals surface area contributed by atoms with E-state index in [1.54, 1.807) is 6.20 Å². The van der Waals surface area contributed by atoms with Crippen LogP contribution in [0.15, 0.2) is 12.3 Å². The third-order valence-corrected chi connectivity index (χ3v) is 7.63. The number of hydrogen-bond acceptors (Lipinski definition) is 8. The van der Waals surface area contributed by atoms with Crippen molar-refractivity contribution in [2.24, 2.45) is 11.1 Å². The zero-order chi connectivity index (χ0) is 23.2. The van der Waals surface area contributed by atoms with Gasteiger partial charge in [0.2, 0.25) is 5.65 Å². The first-order chi connectivity index (χ1) is 16.0. The van der Waals surface area contributed by atoms with Crippen molar-refractivity contribution < 1.29 is 9.84 Å². The van der Waals surface area contributed by atoms with Gasteiger partial charge in [-0.3, -0.25) is 10.1 Å². The smallest absolute Gasteiger partial charge is 0.202 e. The number of aryl methyl sites for hydroxylation is 1. The molecule has 2 atom stereocenters. The predicted molar refractivity (Wildman–Crippen MR) is 127 cm³/mol. The van der Waals surface area contributed by atoms with Crippen LogP contribution < -0.4 is 10.6 Å². The van der Waals surface area contributed by atoms with Gasteiger partial charge in [0, 0.05) is 36.3 Å². The normalized spacial score (nSPS) is 22.5. The molecule has 0 radical (unpaired) electrons. The topological polar surface area (TPSA) is 126 Å². The van der Waals surface area contributed by atoms with E-state index in [1.165, 1.54) is 0 Å². The maximum atomic E-state index is 10.1. The molecule has 9 nitrogen and oxygen atoms in total. The van der Waals surface area contributed by atoms with Crippen molar-refractivity contribution in [1.82, 2.24) is 25.1 Å². The first-order valence-electron chi connectivity index (χ1n) is 11.6. The average Bonchev–Trinajstić information content (AvgIpc) is 3.36. The fraction of sp³-hybridized carbons (Fsp3) is 0.565. The van der Waals surface area contributed by atoms with E-state index in [-0.39, 0.29) is 24.2 Å². The second-order valence-corrected chi connectivity index (χ2v) is 9.56. The number of hydrogen-bond donors (Lipinski definition) is 3. The van der Waals surface area contributed by atoms with Crippen molar-refractivity contribution in [2.75, 3.05) is 24.6 Å². The summed E-state index contributed by atoms with van der Waals surface area (Å²) >= 11 is 6.65. The molecule has 0 aromatic carbocycles. The number of piperidine rings is 1. The molecular weight excluding hydrogens is 442 g/mol. The lowest BCUT2D eigenvalue weighted by molar-refractivity contribution is 0.0973. The lowest BCUT2D eigenvalue weighted by Gasteiger charge is -2.41. The number of aromatic amines is 1. The SMILES string of the molecule is CCCc1nccc(-c2[nH]nc3nc(N4CCC5(CC4)CO[C@@H](C)[C@H]5N)c(CO)nc23)c1Cl. The van der Waals surface area contributed by atoms with Crippen LogP contribution in [0.1, 0.15) is 44.5 Å². The molecule has 0 amide bonds. The molecule has 5 heterocycles. The minimum Gasteiger partial charge on any atom is -0.390 e. The standard InChI is InChI=1S/C23H30ClN7O2/c1-3-4-15-17(24)14(5-8-26-15)18-19-21(30-29-18)28-22(16(11-32)27-19)31-9-6-23(7-10-31)12-33-13(2)20(23)25/h5,8,13,20,32H,3-4,6-7,9-12,25H2,1-2H3,(H,28,29,30)/t13-,20+/m0/s1. The number of nitrogens with zero attached hydrogens (tertiary/aromatic N) is 5. The summed E-state index contributed by atoms with van der Waals surface area (Å²) in [5, 5.41) is 18.2. The average molecular weight is 472 g/mol. The summed E-state index contributed by atoms with van der Waals surface area (Å²) in [7, 11) is 0.